The van der Waals surface area contributed by atoms with Gasteiger partial charge in [0, 0.05) is 6.42 Å². The van der Waals surface area contributed by atoms with E-state index < -0.39 is 32.3 Å². The second kappa shape index (κ2) is 7.75. The lowest BCUT2D eigenvalue weighted by molar-refractivity contribution is 0.0901. The lowest BCUT2D eigenvalue weighted by Crippen LogP contribution is -2.30. The molecule has 3 aromatic rings. The third-order valence-corrected chi connectivity index (χ3v) is 5.81. The molecule has 1 aromatic carbocycles. The first-order valence-corrected chi connectivity index (χ1v) is 9.88. The molecule has 1 N–H and O–H groups in total. The fourth-order valence-corrected chi connectivity index (χ4v) is 3.12. The molecule has 3 rings (SSSR count). The number of sulfone groups is 1. The molecule has 0 aliphatic rings. The number of hydrogen-bond donors (Lipinski definition) is 1. The molecule has 0 saturated heterocycles. The first-order valence-electron chi connectivity index (χ1n) is 8.33. The number of nitrogens with one attached hydrogen (secondary N) is 1. The Morgan fingerprint density at radius 3 is 2.48 bits per heavy atom. The summed E-state index contributed by atoms with van der Waals surface area (Å²) in [5.74, 6) is -0.326. The van der Waals surface area contributed by atoms with Gasteiger partial charge in [0.2, 0.25) is 15.7 Å². The van der Waals surface area contributed by atoms with Crippen molar-refractivity contribution in [3.8, 4) is 0 Å². The average molecular weight is 389 g/mol. The van der Waals surface area contributed by atoms with Crippen molar-refractivity contribution in [2.24, 2.45) is 0 Å². The fraction of sp³-hybridized carbons (Fsp3) is 0.278. The predicted octanol–water partition coefficient (Wildman–Crippen LogP) is 2.56. The average Bonchev–Trinajstić information content (AvgIpc) is 3.34. The molecule has 0 unspecified atom stereocenters. The van der Waals surface area contributed by atoms with Gasteiger partial charge in [0.1, 0.15) is 6.04 Å². The largest absolute Gasteiger partial charge is 0.459 e. The van der Waals surface area contributed by atoms with Crippen LogP contribution in [0.25, 0.3) is 0 Å². The van der Waals surface area contributed by atoms with Crippen LogP contribution in [0.1, 0.15) is 41.9 Å². The van der Waals surface area contributed by atoms with Crippen LogP contribution < -0.4 is 5.32 Å². The first-order chi connectivity index (χ1) is 12.9. The highest BCUT2D eigenvalue weighted by Gasteiger charge is 2.29. The van der Waals surface area contributed by atoms with E-state index in [2.05, 4.69) is 15.5 Å². The molecule has 2 heterocycles. The Morgan fingerprint density at radius 2 is 1.85 bits per heavy atom. The summed E-state index contributed by atoms with van der Waals surface area (Å²) in [7, 11) is -3.71. The molecule has 0 fully saturated rings. The van der Waals surface area contributed by atoms with Crippen LogP contribution >= 0.6 is 0 Å². The van der Waals surface area contributed by atoms with Crippen LogP contribution in [0, 0.1) is 0 Å². The Kier molecular flexibility index (Phi) is 5.41. The van der Waals surface area contributed by atoms with Crippen LogP contribution in [0.3, 0.4) is 0 Å². The summed E-state index contributed by atoms with van der Waals surface area (Å²) >= 11 is 0. The number of aromatic nitrogens is 2. The topological polar surface area (TPSA) is 115 Å². The number of rotatable bonds is 7. The zero-order chi connectivity index (χ0) is 19.4. The van der Waals surface area contributed by atoms with Gasteiger partial charge in [-0.2, -0.15) is 0 Å². The van der Waals surface area contributed by atoms with Crippen LogP contribution in [-0.2, 0) is 16.3 Å². The van der Waals surface area contributed by atoms with Crippen LogP contribution in [-0.4, -0.2) is 29.8 Å². The van der Waals surface area contributed by atoms with Gasteiger partial charge in [-0.1, -0.05) is 35.4 Å². The Balaban J connectivity index is 1.90. The van der Waals surface area contributed by atoms with Crippen molar-refractivity contribution in [3.63, 3.8) is 0 Å². The molecule has 0 spiro atoms. The zero-order valence-corrected chi connectivity index (χ0v) is 15.6. The number of carbonyl (C=O) groups is 1. The van der Waals surface area contributed by atoms with Crippen molar-refractivity contribution in [3.05, 3.63) is 65.9 Å². The Labute approximate surface area is 156 Å². The van der Waals surface area contributed by atoms with E-state index in [1.54, 1.807) is 6.07 Å². The van der Waals surface area contributed by atoms with Gasteiger partial charge in [0.05, 0.1) is 11.5 Å². The quantitative estimate of drug-likeness (QED) is 0.660. The lowest BCUT2D eigenvalue weighted by atomic mass is 10.1. The third-order valence-electron chi connectivity index (χ3n) is 3.92. The van der Waals surface area contributed by atoms with Crippen LogP contribution in [0.15, 0.2) is 62.8 Å². The summed E-state index contributed by atoms with van der Waals surface area (Å²) in [5.41, 5.74) is 0.911. The summed E-state index contributed by atoms with van der Waals surface area (Å²) in [6.07, 6.45) is 1.73. The van der Waals surface area contributed by atoms with Crippen molar-refractivity contribution in [2.45, 2.75) is 36.8 Å². The summed E-state index contributed by atoms with van der Waals surface area (Å²) in [5, 5.41) is 9.11. The summed E-state index contributed by atoms with van der Waals surface area (Å²) in [6, 6.07) is 11.8. The molecule has 2 aromatic heterocycles. The zero-order valence-electron chi connectivity index (χ0n) is 14.8. The van der Waals surface area contributed by atoms with E-state index in [1.165, 1.54) is 26.2 Å². The van der Waals surface area contributed by atoms with Crippen molar-refractivity contribution < 1.29 is 22.0 Å². The Hall–Kier alpha value is -2.94. The fourth-order valence-electron chi connectivity index (χ4n) is 2.36. The molecule has 0 bridgehead atoms. The smallest absolute Gasteiger partial charge is 0.335 e. The maximum absolute atomic E-state index is 12.4. The van der Waals surface area contributed by atoms with Gasteiger partial charge in [0.15, 0.2) is 5.76 Å². The molecular formula is C18H19N3O5S. The van der Waals surface area contributed by atoms with E-state index in [4.69, 9.17) is 8.83 Å². The molecule has 0 radical (unpaired) electrons. The summed E-state index contributed by atoms with van der Waals surface area (Å²) in [6.45, 7) is 3.05. The Morgan fingerprint density at radius 1 is 1.11 bits per heavy atom. The number of furan rings is 1. The van der Waals surface area contributed by atoms with Gasteiger partial charge in [-0.25, -0.2) is 8.42 Å². The molecule has 1 atom stereocenters. The molecule has 1 amide bonds. The monoisotopic (exact) mass is 389 g/mol. The van der Waals surface area contributed by atoms with E-state index in [0.29, 0.717) is 6.42 Å². The molecule has 0 saturated carbocycles. The second-order valence-corrected chi connectivity index (χ2v) is 8.58. The molecule has 9 heteroatoms. The van der Waals surface area contributed by atoms with Gasteiger partial charge in [-0.3, -0.25) is 4.79 Å². The minimum absolute atomic E-state index is 0.0120. The van der Waals surface area contributed by atoms with Crippen molar-refractivity contribution in [1.82, 2.24) is 15.5 Å². The summed E-state index contributed by atoms with van der Waals surface area (Å²) in [4.78, 5) is 12.4. The minimum Gasteiger partial charge on any atom is -0.459 e. The number of benzene rings is 1. The van der Waals surface area contributed by atoms with Gasteiger partial charge in [-0.05, 0) is 31.5 Å². The van der Waals surface area contributed by atoms with Crippen LogP contribution in [0.4, 0.5) is 0 Å². The standard InChI is InChI=1S/C18H19N3O5S/c1-12(2)27(23,24)18-21-20-17(26-18)14(11-13-7-4-3-5-8-13)19-16(22)15-9-6-10-25-15/h3-10,12,14H,11H2,1-2H3,(H,19,22)/t14-/m0/s1. The molecule has 8 nitrogen and oxygen atoms in total. The van der Waals surface area contributed by atoms with E-state index in [9.17, 15) is 13.2 Å². The minimum atomic E-state index is -3.71. The predicted molar refractivity (Wildman–Crippen MR) is 95.7 cm³/mol. The SMILES string of the molecule is CC(C)S(=O)(=O)c1nnc([C@H](Cc2ccccc2)NC(=O)c2ccco2)o1. The van der Waals surface area contributed by atoms with E-state index in [-0.39, 0.29) is 11.7 Å². The highest BCUT2D eigenvalue weighted by Crippen LogP contribution is 2.22. The second-order valence-electron chi connectivity index (χ2n) is 6.19. The normalized spacial score (nSPS) is 12.9. The number of carbonyl (C=O) groups excluding carboxylic acids is 1. The maximum atomic E-state index is 12.4. The maximum Gasteiger partial charge on any atom is 0.335 e. The van der Waals surface area contributed by atoms with Gasteiger partial charge < -0.3 is 14.2 Å². The molecule has 27 heavy (non-hydrogen) atoms. The number of amides is 1. The molecule has 142 valence electrons. The van der Waals surface area contributed by atoms with E-state index in [0.717, 1.165) is 5.56 Å². The van der Waals surface area contributed by atoms with E-state index in [1.807, 2.05) is 30.3 Å². The van der Waals surface area contributed by atoms with Crippen molar-refractivity contribution in [2.75, 3.05) is 0 Å². The lowest BCUT2D eigenvalue weighted by Gasteiger charge is -2.14. The number of nitrogens with zero attached hydrogens (tertiary/aromatic N) is 2. The van der Waals surface area contributed by atoms with Gasteiger partial charge in [-0.15, -0.1) is 5.10 Å². The highest BCUT2D eigenvalue weighted by atomic mass is 32.2. The third kappa shape index (κ3) is 4.25. The van der Waals surface area contributed by atoms with Crippen molar-refractivity contribution >= 4 is 15.7 Å². The van der Waals surface area contributed by atoms with Gasteiger partial charge >= 0.3 is 5.22 Å². The molecule has 0 aliphatic carbocycles. The highest BCUT2D eigenvalue weighted by molar-refractivity contribution is 7.91. The Bertz CT molecular complexity index is 995. The molecule has 0 aliphatic heterocycles. The first kappa shape index (κ1) is 18.8. The van der Waals surface area contributed by atoms with E-state index >= 15 is 0 Å². The number of hydrogen-bond acceptors (Lipinski definition) is 7. The van der Waals surface area contributed by atoms with Crippen molar-refractivity contribution in [1.29, 1.82) is 0 Å². The summed E-state index contributed by atoms with van der Waals surface area (Å²) < 4.78 is 35.0. The van der Waals surface area contributed by atoms with Gasteiger partial charge in [0.25, 0.3) is 5.91 Å². The van der Waals surface area contributed by atoms with Crippen LogP contribution in [0.2, 0.25) is 0 Å². The molecular weight excluding hydrogens is 370 g/mol. The van der Waals surface area contributed by atoms with Crippen LogP contribution in [0.5, 0.6) is 0 Å².